The number of hydrogen-bond acceptors (Lipinski definition) is 1. The highest BCUT2D eigenvalue weighted by Crippen LogP contribution is 2.03. The van der Waals surface area contributed by atoms with E-state index in [1.807, 2.05) is 0 Å². The lowest BCUT2D eigenvalue weighted by atomic mass is 10.7. The molecule has 0 spiro atoms. The van der Waals surface area contributed by atoms with Crippen molar-refractivity contribution in [3.8, 4) is 0 Å². The highest BCUT2D eigenvalue weighted by atomic mass is 35.6. The highest BCUT2D eigenvalue weighted by molar-refractivity contribution is 7.54. The molecule has 66 valence electrons. The average molecular weight is 290 g/mol. The van der Waals surface area contributed by atoms with Crippen molar-refractivity contribution in [2.24, 2.45) is 0 Å². The monoisotopic (exact) mass is 287 g/mol. The maximum Gasteiger partial charge on any atom is 0.450 e. The third kappa shape index (κ3) is 195. The Morgan fingerprint density at radius 3 is 0.900 bits per heavy atom. The zero-order valence-electron chi connectivity index (χ0n) is 4.54. The van der Waals surface area contributed by atoms with Gasteiger partial charge in [0.15, 0.2) is 4.30 Å². The van der Waals surface area contributed by atoms with E-state index in [-0.39, 0.29) is 18.6 Å². The van der Waals surface area contributed by atoms with Crippen molar-refractivity contribution in [2.45, 2.75) is 4.30 Å². The molecule has 0 atom stereocenters. The van der Waals surface area contributed by atoms with Crippen molar-refractivity contribution in [2.75, 3.05) is 0 Å². The minimum absolute atomic E-state index is 0. The van der Waals surface area contributed by atoms with Gasteiger partial charge in [0.25, 0.3) is 0 Å². The van der Waals surface area contributed by atoms with Crippen LogP contribution in [-0.4, -0.2) is 9.25 Å². The van der Waals surface area contributed by atoms with Crippen LogP contribution < -0.4 is 6.15 Å². The van der Waals surface area contributed by atoms with Crippen molar-refractivity contribution in [1.82, 2.24) is 6.15 Å². The summed E-state index contributed by atoms with van der Waals surface area (Å²) in [5.41, 5.74) is 0. The van der Waals surface area contributed by atoms with Crippen LogP contribution >= 0.6 is 81.6 Å². The largest absolute Gasteiger partial charge is 0.450 e. The highest BCUT2D eigenvalue weighted by Gasteiger charge is 1.91. The minimum atomic E-state index is -0.750. The Morgan fingerprint density at radius 2 is 0.900 bits per heavy atom. The topological polar surface area (TPSA) is 35.0 Å². The van der Waals surface area contributed by atoms with Gasteiger partial charge in [-0.15, -0.1) is 12.4 Å². The molecule has 0 saturated carbocycles. The van der Waals surface area contributed by atoms with E-state index in [2.05, 4.69) is 0 Å². The zero-order valence-corrected chi connectivity index (χ0v) is 9.89. The van der Waals surface area contributed by atoms with Crippen LogP contribution in [0.1, 0.15) is 0 Å². The van der Waals surface area contributed by atoms with Gasteiger partial charge in [0.1, 0.15) is 0 Å². The van der Waals surface area contributed by atoms with Gasteiger partial charge in [-0.05, 0) is 0 Å². The number of rotatable bonds is 0. The van der Waals surface area contributed by atoms with Gasteiger partial charge in [-0.3, -0.25) is 0 Å². The molecule has 0 aliphatic carbocycles. The van der Waals surface area contributed by atoms with Gasteiger partial charge in [0.05, 0.1) is 0 Å². The molecule has 9 heteroatoms. The van der Waals surface area contributed by atoms with Gasteiger partial charge >= 0.3 is 4.96 Å². The Bertz CT molecular complexity index is 29.1. The van der Waals surface area contributed by atoms with E-state index < -0.39 is 9.25 Å². The van der Waals surface area contributed by atoms with E-state index in [9.17, 15) is 0 Å². The van der Waals surface area contributed by atoms with Crippen molar-refractivity contribution in [3.63, 3.8) is 0 Å². The summed E-state index contributed by atoms with van der Waals surface area (Å²) in [6.45, 7) is 0. The lowest BCUT2D eigenvalue weighted by molar-refractivity contribution is 1.96. The molecule has 0 fully saturated rings. The Labute approximate surface area is 96.4 Å². The first kappa shape index (κ1) is 22.7. The number of halogens is 7. The predicted molar refractivity (Wildman–Crippen MR) is 56.9 cm³/mol. The van der Waals surface area contributed by atoms with Crippen molar-refractivity contribution < 1.29 is 0 Å². The quantitative estimate of drug-likeness (QED) is 0.525. The van der Waals surface area contributed by atoms with Crippen LogP contribution in [0.3, 0.4) is 0 Å². The normalized spacial score (nSPS) is 6.30. The summed E-state index contributed by atoms with van der Waals surface area (Å²) in [7, 11) is 0. The summed E-state index contributed by atoms with van der Waals surface area (Å²) in [5.74, 6) is 0. The van der Waals surface area contributed by atoms with E-state index in [1.54, 1.807) is 0 Å². The Hall–Kier alpha value is 2.05. The van der Waals surface area contributed by atoms with Crippen LogP contribution in [0.2, 0.25) is 0 Å². The van der Waals surface area contributed by atoms with Crippen LogP contribution in [0.4, 0.5) is 0 Å². The second-order valence-corrected chi connectivity index (χ2v) is 4.45. The Kier molecular flexibility index (Phi) is 39.1. The van der Waals surface area contributed by atoms with Crippen molar-refractivity contribution in [3.05, 3.63) is 0 Å². The molecule has 3 N–H and O–H groups in total. The molecule has 0 heterocycles. The van der Waals surface area contributed by atoms with Gasteiger partial charge in [-0.2, -0.15) is 34.4 Å². The summed E-state index contributed by atoms with van der Waals surface area (Å²) in [4.78, 5) is -0.750. The molecule has 0 aromatic rings. The number of alkyl halides is 3. The first-order chi connectivity index (χ1) is 3.46. The van der Waals surface area contributed by atoms with E-state index in [0.717, 1.165) is 0 Å². The van der Waals surface area contributed by atoms with Crippen molar-refractivity contribution >= 4 is 86.5 Å². The molecule has 0 amide bonds. The Balaban J connectivity index is -0.0000000300. The molecule has 0 radical (unpaired) electrons. The molecule has 0 aliphatic heterocycles. The predicted octanol–water partition coefficient (Wildman–Crippen LogP) is 4.26. The zero-order chi connectivity index (χ0) is 7.15. The van der Waals surface area contributed by atoms with Gasteiger partial charge in [0, 0.05) is 0 Å². The van der Waals surface area contributed by atoms with Crippen LogP contribution in [0.15, 0.2) is 0 Å². The minimum Gasteiger partial charge on any atom is -0.344 e. The van der Waals surface area contributed by atoms with Crippen LogP contribution in [-0.2, 0) is 0 Å². The average Bonchev–Trinajstić information content (AvgIpc) is 1.25. The molecule has 0 bridgehead atoms. The van der Waals surface area contributed by atoms with E-state index in [1.165, 1.54) is 0 Å². The molecular weight excluding hydrogens is 285 g/mol. The van der Waals surface area contributed by atoms with Crippen LogP contribution in [0.25, 0.3) is 0 Å². The molecule has 0 unspecified atom stereocenters. The molecular formula is CH5BCl7N. The first-order valence-corrected chi connectivity index (χ1v) is 3.93. The van der Waals surface area contributed by atoms with Crippen LogP contribution in [0.5, 0.6) is 0 Å². The van der Waals surface area contributed by atoms with Gasteiger partial charge in [-0.1, -0.05) is 34.8 Å². The second-order valence-electron chi connectivity index (χ2n) is 0.495. The molecule has 1 nitrogen and oxygen atoms in total. The van der Waals surface area contributed by atoms with Gasteiger partial charge in [0.2, 0.25) is 0 Å². The fraction of sp³-hybridized carbons (Fsp3) is 1.00. The summed E-state index contributed by atoms with van der Waals surface area (Å²) in [6.07, 6.45) is 0. The molecule has 0 rings (SSSR count). The van der Waals surface area contributed by atoms with E-state index in [4.69, 9.17) is 69.2 Å². The third-order valence-electron chi connectivity index (χ3n) is 0. The summed E-state index contributed by atoms with van der Waals surface area (Å²) in [6, 6.07) is 0. The second kappa shape index (κ2) is 17.2. The Morgan fingerprint density at radius 1 is 0.900 bits per heavy atom. The maximum atomic E-state index is 4.81. The fourth-order valence-corrected chi connectivity index (χ4v) is 0. The lowest BCUT2D eigenvalue weighted by Crippen LogP contribution is -1.66. The lowest BCUT2D eigenvalue weighted by Gasteiger charge is -1.69. The third-order valence-corrected chi connectivity index (χ3v) is 0. The van der Waals surface area contributed by atoms with Crippen molar-refractivity contribution in [1.29, 1.82) is 0 Å². The SMILES string of the molecule is Cl.ClB(Cl)Cl.ClC(Cl)Cl.N. The molecule has 0 aliphatic rings. The van der Waals surface area contributed by atoms with E-state index in [0.29, 0.717) is 0 Å². The number of hydrogen-bond donors (Lipinski definition) is 1. The summed E-state index contributed by atoms with van der Waals surface area (Å²) < 4.78 is -0.750. The van der Waals surface area contributed by atoms with Gasteiger partial charge in [-0.25, -0.2) is 0 Å². The maximum absolute atomic E-state index is 4.81. The van der Waals surface area contributed by atoms with Crippen LogP contribution in [0, 0.1) is 0 Å². The molecule has 0 aromatic carbocycles. The summed E-state index contributed by atoms with van der Waals surface area (Å²) >= 11 is 28.8. The smallest absolute Gasteiger partial charge is 0.344 e. The molecule has 10 heavy (non-hydrogen) atoms. The van der Waals surface area contributed by atoms with E-state index >= 15 is 0 Å². The van der Waals surface area contributed by atoms with Gasteiger partial charge < -0.3 is 6.15 Å². The summed E-state index contributed by atoms with van der Waals surface area (Å²) in [5, 5.41) is 0. The molecule has 0 saturated heterocycles. The molecule has 0 aromatic heterocycles. The standard InChI is InChI=1S/CHCl3.BCl3.ClH.H3N/c2*2-1(3)4;;/h1H;;1H;1H3. The first-order valence-electron chi connectivity index (χ1n) is 1.31. The fourth-order valence-electron chi connectivity index (χ4n) is 0.